The molecule has 2 aromatic rings. The third-order valence-corrected chi connectivity index (χ3v) is 4.21. The van der Waals surface area contributed by atoms with Crippen molar-refractivity contribution in [3.63, 3.8) is 0 Å². The van der Waals surface area contributed by atoms with Crippen LogP contribution in [0.1, 0.15) is 30.5 Å². The summed E-state index contributed by atoms with van der Waals surface area (Å²) < 4.78 is 5.66. The van der Waals surface area contributed by atoms with Crippen LogP contribution in [0.25, 0.3) is 10.9 Å². The number of para-hydroxylation sites is 1. The Hall–Kier alpha value is -1.58. The second kappa shape index (κ2) is 6.92. The molecule has 112 valence electrons. The molecule has 1 saturated heterocycles. The molecule has 3 rings (SSSR count). The molecule has 0 spiro atoms. The summed E-state index contributed by atoms with van der Waals surface area (Å²) in [5.74, 6) is 0. The fourth-order valence-corrected chi connectivity index (χ4v) is 3.15. The molecule has 3 nitrogen and oxygen atoms in total. The van der Waals surface area contributed by atoms with E-state index >= 15 is 0 Å². The van der Waals surface area contributed by atoms with Gasteiger partial charge in [0, 0.05) is 23.1 Å². The predicted molar refractivity (Wildman–Crippen MR) is 87.3 cm³/mol. The molecule has 1 aliphatic rings. The Balaban J connectivity index is 1.85. The number of nitrogens with zero attached hydrogens (tertiary/aromatic N) is 1. The minimum Gasteiger partial charge on any atom is -0.371 e. The van der Waals surface area contributed by atoms with Crippen LogP contribution in [-0.4, -0.2) is 29.6 Å². The highest BCUT2D eigenvalue weighted by atomic mass is 16.5. The first-order valence-corrected chi connectivity index (χ1v) is 7.88. The van der Waals surface area contributed by atoms with E-state index in [1.54, 1.807) is 6.08 Å². The fourth-order valence-electron chi connectivity index (χ4n) is 3.15. The molecule has 2 heterocycles. The maximum atomic E-state index is 5.66. The van der Waals surface area contributed by atoms with Gasteiger partial charge in [0.1, 0.15) is 0 Å². The van der Waals surface area contributed by atoms with E-state index in [2.05, 4.69) is 40.7 Å². The molecular weight excluding hydrogens is 260 g/mol. The van der Waals surface area contributed by atoms with E-state index in [0.717, 1.165) is 6.54 Å². The van der Waals surface area contributed by atoms with Gasteiger partial charge in [-0.3, -0.25) is 4.90 Å². The zero-order valence-electron chi connectivity index (χ0n) is 12.6. The van der Waals surface area contributed by atoms with Gasteiger partial charge in [-0.1, -0.05) is 30.7 Å². The monoisotopic (exact) mass is 284 g/mol. The normalized spacial score (nSPS) is 16.4. The molecule has 1 fully saturated rings. The first kappa shape index (κ1) is 14.4. The number of hydrogen-bond acceptors (Lipinski definition) is 2. The summed E-state index contributed by atoms with van der Waals surface area (Å²) in [4.78, 5) is 6.09. The lowest BCUT2D eigenvalue weighted by Gasteiger charge is -2.26. The highest BCUT2D eigenvalue weighted by Gasteiger charge is 2.16. The highest BCUT2D eigenvalue weighted by Crippen LogP contribution is 2.25. The smallest absolute Gasteiger partial charge is 0.0873 e. The van der Waals surface area contributed by atoms with Crippen molar-refractivity contribution in [1.82, 2.24) is 9.88 Å². The number of aromatic nitrogens is 1. The van der Waals surface area contributed by atoms with Gasteiger partial charge in [-0.2, -0.15) is 0 Å². The van der Waals surface area contributed by atoms with E-state index in [1.165, 1.54) is 54.5 Å². The van der Waals surface area contributed by atoms with Crippen molar-refractivity contribution in [1.29, 1.82) is 0 Å². The topological polar surface area (TPSA) is 28.3 Å². The Bertz CT molecular complexity index is 596. The van der Waals surface area contributed by atoms with Crippen molar-refractivity contribution in [2.75, 3.05) is 19.7 Å². The standard InChI is InChI=1S/C18H24N2O/c1-2-12-21-14-18-16(13-20-10-6-3-7-11-20)15-8-4-5-9-17(15)19-18/h2,4-5,8-9,19H,1,3,6-7,10-14H2. The minimum atomic E-state index is 0.596. The third kappa shape index (κ3) is 3.36. The molecule has 21 heavy (non-hydrogen) atoms. The molecule has 1 aromatic heterocycles. The maximum Gasteiger partial charge on any atom is 0.0873 e. The number of likely N-dealkylation sites (tertiary alicyclic amines) is 1. The number of benzene rings is 1. The molecule has 0 unspecified atom stereocenters. The van der Waals surface area contributed by atoms with Crippen molar-refractivity contribution < 1.29 is 4.74 Å². The number of fused-ring (bicyclic) bond motifs is 1. The van der Waals surface area contributed by atoms with E-state index in [1.807, 2.05) is 0 Å². The second-order valence-corrected chi connectivity index (χ2v) is 5.77. The van der Waals surface area contributed by atoms with E-state index < -0.39 is 0 Å². The van der Waals surface area contributed by atoms with E-state index in [4.69, 9.17) is 4.74 Å². The summed E-state index contributed by atoms with van der Waals surface area (Å²) in [6.07, 6.45) is 5.82. The lowest BCUT2D eigenvalue weighted by molar-refractivity contribution is 0.144. The summed E-state index contributed by atoms with van der Waals surface area (Å²) >= 11 is 0. The van der Waals surface area contributed by atoms with Crippen molar-refractivity contribution in [3.8, 4) is 0 Å². The molecule has 1 aromatic carbocycles. The van der Waals surface area contributed by atoms with Gasteiger partial charge in [0.2, 0.25) is 0 Å². The van der Waals surface area contributed by atoms with Crippen LogP contribution >= 0.6 is 0 Å². The van der Waals surface area contributed by atoms with Gasteiger partial charge >= 0.3 is 0 Å². The molecule has 0 bridgehead atoms. The van der Waals surface area contributed by atoms with Crippen molar-refractivity contribution in [2.24, 2.45) is 0 Å². The summed E-state index contributed by atoms with van der Waals surface area (Å²) in [7, 11) is 0. The zero-order valence-corrected chi connectivity index (χ0v) is 12.6. The Labute approximate surface area is 126 Å². The van der Waals surface area contributed by atoms with Crippen LogP contribution in [0, 0.1) is 0 Å². The fraction of sp³-hybridized carbons (Fsp3) is 0.444. The summed E-state index contributed by atoms with van der Waals surface area (Å²) in [6, 6.07) is 8.55. The van der Waals surface area contributed by atoms with Crippen LogP contribution in [0.2, 0.25) is 0 Å². The van der Waals surface area contributed by atoms with Crippen LogP contribution in [0.4, 0.5) is 0 Å². The van der Waals surface area contributed by atoms with Gasteiger partial charge in [-0.05, 0) is 37.6 Å². The Morgan fingerprint density at radius 2 is 2.00 bits per heavy atom. The molecule has 0 saturated carbocycles. The number of piperidine rings is 1. The van der Waals surface area contributed by atoms with Gasteiger partial charge in [0.25, 0.3) is 0 Å². The number of aromatic amines is 1. The van der Waals surface area contributed by atoms with Crippen LogP contribution in [0.15, 0.2) is 36.9 Å². The lowest BCUT2D eigenvalue weighted by Crippen LogP contribution is -2.29. The van der Waals surface area contributed by atoms with E-state index in [0.29, 0.717) is 13.2 Å². The van der Waals surface area contributed by atoms with Crippen LogP contribution < -0.4 is 0 Å². The SMILES string of the molecule is C=CCOCc1[nH]c2ccccc2c1CN1CCCCC1. The molecule has 0 amide bonds. The molecule has 0 atom stereocenters. The first-order valence-electron chi connectivity index (χ1n) is 7.88. The van der Waals surface area contributed by atoms with Crippen LogP contribution in [0.3, 0.4) is 0 Å². The first-order chi connectivity index (χ1) is 10.4. The summed E-state index contributed by atoms with van der Waals surface area (Å²) in [5, 5.41) is 1.33. The number of ether oxygens (including phenoxy) is 1. The highest BCUT2D eigenvalue weighted by molar-refractivity contribution is 5.84. The van der Waals surface area contributed by atoms with Gasteiger partial charge in [0.15, 0.2) is 0 Å². The van der Waals surface area contributed by atoms with E-state index in [-0.39, 0.29) is 0 Å². The number of rotatable bonds is 6. The van der Waals surface area contributed by atoms with Gasteiger partial charge < -0.3 is 9.72 Å². The van der Waals surface area contributed by atoms with Gasteiger partial charge in [-0.25, -0.2) is 0 Å². The van der Waals surface area contributed by atoms with Crippen molar-refractivity contribution in [2.45, 2.75) is 32.4 Å². The van der Waals surface area contributed by atoms with Crippen molar-refractivity contribution >= 4 is 10.9 Å². The second-order valence-electron chi connectivity index (χ2n) is 5.77. The van der Waals surface area contributed by atoms with E-state index in [9.17, 15) is 0 Å². The summed E-state index contributed by atoms with van der Waals surface area (Å²) in [5.41, 5.74) is 3.82. The Morgan fingerprint density at radius 3 is 2.81 bits per heavy atom. The van der Waals surface area contributed by atoms with Crippen LogP contribution in [0.5, 0.6) is 0 Å². The molecule has 0 radical (unpaired) electrons. The molecule has 1 N–H and O–H groups in total. The minimum absolute atomic E-state index is 0.596. The molecule has 1 aliphatic heterocycles. The zero-order chi connectivity index (χ0) is 14.5. The summed E-state index contributed by atoms with van der Waals surface area (Å²) in [6.45, 7) is 8.39. The quantitative estimate of drug-likeness (QED) is 0.644. The van der Waals surface area contributed by atoms with Crippen molar-refractivity contribution in [3.05, 3.63) is 48.2 Å². The third-order valence-electron chi connectivity index (χ3n) is 4.21. The van der Waals surface area contributed by atoms with Crippen LogP contribution in [-0.2, 0) is 17.9 Å². The number of H-pyrrole nitrogens is 1. The molecule has 3 heteroatoms. The Morgan fingerprint density at radius 1 is 1.19 bits per heavy atom. The van der Waals surface area contributed by atoms with Gasteiger partial charge in [-0.15, -0.1) is 6.58 Å². The molecular formula is C18H24N2O. The Kier molecular flexibility index (Phi) is 4.73. The molecule has 0 aliphatic carbocycles. The predicted octanol–water partition coefficient (Wildman–Crippen LogP) is 3.86. The lowest BCUT2D eigenvalue weighted by atomic mass is 10.1. The largest absolute Gasteiger partial charge is 0.371 e. The van der Waals surface area contributed by atoms with Gasteiger partial charge in [0.05, 0.1) is 13.2 Å². The number of hydrogen-bond donors (Lipinski definition) is 1. The average molecular weight is 284 g/mol. The number of nitrogens with one attached hydrogen (secondary N) is 1. The average Bonchev–Trinajstić information content (AvgIpc) is 2.87. The maximum absolute atomic E-state index is 5.66.